The molecule has 1 aromatic heterocycles. The standard InChI is InChI=1S/C25H27F3N4O3S/c1-15(2)32-7-8-35-25-21(27)9-17(10-23(25)32)19-12-24(29-13-22(19)28)30-18-6-5-16(20(26)11-18)14-31(3)36(4,33)34/h5-6,9-13,15H,7-8,14H2,1-4H3,(H,29,30). The molecule has 0 spiro atoms. The third kappa shape index (κ3) is 5.41. The molecule has 0 fully saturated rings. The van der Waals surface area contributed by atoms with Gasteiger partial charge >= 0.3 is 0 Å². The Morgan fingerprint density at radius 1 is 1.11 bits per heavy atom. The third-order valence-electron chi connectivity index (χ3n) is 5.99. The Labute approximate surface area is 208 Å². The molecule has 36 heavy (non-hydrogen) atoms. The van der Waals surface area contributed by atoms with Gasteiger partial charge in [-0.2, -0.15) is 0 Å². The molecule has 1 N–H and O–H groups in total. The van der Waals surface area contributed by atoms with Crippen LogP contribution in [0.1, 0.15) is 19.4 Å². The number of nitrogens with one attached hydrogen (secondary N) is 1. The van der Waals surface area contributed by atoms with E-state index >= 15 is 0 Å². The summed E-state index contributed by atoms with van der Waals surface area (Å²) in [5, 5.41) is 2.92. The molecule has 0 radical (unpaired) electrons. The molecule has 7 nitrogen and oxygen atoms in total. The molecule has 0 aliphatic carbocycles. The van der Waals surface area contributed by atoms with Crippen LogP contribution < -0.4 is 15.0 Å². The molecule has 3 aromatic rings. The van der Waals surface area contributed by atoms with Crippen molar-refractivity contribution in [3.05, 3.63) is 65.6 Å². The fourth-order valence-electron chi connectivity index (χ4n) is 3.98. The predicted octanol–water partition coefficient (Wildman–Crippen LogP) is 4.91. The van der Waals surface area contributed by atoms with E-state index in [-0.39, 0.29) is 35.3 Å². The van der Waals surface area contributed by atoms with Crippen molar-refractivity contribution in [3.8, 4) is 16.9 Å². The summed E-state index contributed by atoms with van der Waals surface area (Å²) in [6, 6.07) is 8.65. The minimum absolute atomic E-state index is 0.0944. The van der Waals surface area contributed by atoms with Crippen LogP contribution in [0.5, 0.6) is 5.75 Å². The lowest BCUT2D eigenvalue weighted by Gasteiger charge is -2.35. The molecule has 2 aromatic carbocycles. The molecule has 1 aliphatic rings. The maximum atomic E-state index is 14.9. The van der Waals surface area contributed by atoms with Crippen molar-refractivity contribution < 1.29 is 26.3 Å². The largest absolute Gasteiger partial charge is 0.486 e. The average Bonchev–Trinajstić information content (AvgIpc) is 2.81. The molecule has 0 amide bonds. The van der Waals surface area contributed by atoms with Crippen LogP contribution in [0.2, 0.25) is 0 Å². The van der Waals surface area contributed by atoms with Gasteiger partial charge in [0.05, 0.1) is 24.7 Å². The van der Waals surface area contributed by atoms with Gasteiger partial charge in [-0.25, -0.2) is 30.9 Å². The van der Waals surface area contributed by atoms with Crippen LogP contribution in [-0.4, -0.2) is 50.2 Å². The molecule has 4 rings (SSSR count). The minimum Gasteiger partial charge on any atom is -0.486 e. The molecule has 0 saturated carbocycles. The number of aromatic nitrogens is 1. The number of hydrogen-bond donors (Lipinski definition) is 1. The second-order valence-corrected chi connectivity index (χ2v) is 11.0. The van der Waals surface area contributed by atoms with Crippen molar-refractivity contribution in [2.24, 2.45) is 0 Å². The molecule has 0 unspecified atom stereocenters. The van der Waals surface area contributed by atoms with Crippen molar-refractivity contribution >= 4 is 27.2 Å². The first kappa shape index (κ1) is 25.8. The lowest BCUT2D eigenvalue weighted by atomic mass is 10.0. The predicted molar refractivity (Wildman–Crippen MR) is 134 cm³/mol. The first-order valence-corrected chi connectivity index (χ1v) is 13.1. The summed E-state index contributed by atoms with van der Waals surface area (Å²) >= 11 is 0. The number of benzene rings is 2. The van der Waals surface area contributed by atoms with E-state index in [2.05, 4.69) is 10.3 Å². The van der Waals surface area contributed by atoms with E-state index in [0.717, 1.165) is 16.8 Å². The van der Waals surface area contributed by atoms with E-state index in [4.69, 9.17) is 4.74 Å². The second kappa shape index (κ2) is 9.98. The second-order valence-electron chi connectivity index (χ2n) is 8.94. The van der Waals surface area contributed by atoms with E-state index in [1.54, 1.807) is 12.1 Å². The number of ether oxygens (including phenoxy) is 1. The summed E-state index contributed by atoms with van der Waals surface area (Å²) < 4.78 is 74.0. The van der Waals surface area contributed by atoms with Gasteiger partial charge in [-0.05, 0) is 49.7 Å². The Kier molecular flexibility index (Phi) is 7.14. The van der Waals surface area contributed by atoms with Crippen LogP contribution in [-0.2, 0) is 16.6 Å². The van der Waals surface area contributed by atoms with E-state index in [9.17, 15) is 21.6 Å². The van der Waals surface area contributed by atoms with Gasteiger partial charge in [0.25, 0.3) is 0 Å². The number of anilines is 3. The van der Waals surface area contributed by atoms with Gasteiger partial charge in [0.1, 0.15) is 24.1 Å². The highest BCUT2D eigenvalue weighted by Crippen LogP contribution is 2.40. The van der Waals surface area contributed by atoms with Crippen molar-refractivity contribution in [3.63, 3.8) is 0 Å². The zero-order chi connectivity index (χ0) is 26.2. The molecule has 2 heterocycles. The Hall–Kier alpha value is -3.31. The number of hydrogen-bond acceptors (Lipinski definition) is 6. The summed E-state index contributed by atoms with van der Waals surface area (Å²) in [5.41, 5.74) is 1.52. The van der Waals surface area contributed by atoms with Crippen molar-refractivity contribution in [1.82, 2.24) is 9.29 Å². The number of rotatable bonds is 7. The summed E-state index contributed by atoms with van der Waals surface area (Å²) in [7, 11) is -2.10. The van der Waals surface area contributed by atoms with E-state index in [1.165, 1.54) is 31.3 Å². The molecule has 11 heteroatoms. The van der Waals surface area contributed by atoms with E-state index in [1.807, 2.05) is 18.7 Å². The topological polar surface area (TPSA) is 74.8 Å². The van der Waals surface area contributed by atoms with Gasteiger partial charge in [0.15, 0.2) is 11.6 Å². The Morgan fingerprint density at radius 3 is 2.53 bits per heavy atom. The van der Waals surface area contributed by atoms with Crippen LogP contribution >= 0.6 is 0 Å². The molecule has 0 bridgehead atoms. The van der Waals surface area contributed by atoms with E-state index in [0.29, 0.717) is 30.1 Å². The first-order valence-electron chi connectivity index (χ1n) is 11.3. The van der Waals surface area contributed by atoms with E-state index < -0.39 is 27.5 Å². The quantitative estimate of drug-likeness (QED) is 0.477. The maximum Gasteiger partial charge on any atom is 0.211 e. The Morgan fingerprint density at radius 2 is 1.86 bits per heavy atom. The molecule has 0 saturated heterocycles. The van der Waals surface area contributed by atoms with Crippen LogP contribution in [0.4, 0.5) is 30.4 Å². The Balaban J connectivity index is 1.63. The highest BCUT2D eigenvalue weighted by atomic mass is 32.2. The molecular weight excluding hydrogens is 493 g/mol. The zero-order valence-corrected chi connectivity index (χ0v) is 21.2. The first-order chi connectivity index (χ1) is 16.9. The normalized spacial score (nSPS) is 13.6. The third-order valence-corrected chi connectivity index (χ3v) is 7.25. The summed E-state index contributed by atoms with van der Waals surface area (Å²) in [6.45, 7) is 4.79. The van der Waals surface area contributed by atoms with Gasteiger partial charge in [0.2, 0.25) is 10.0 Å². The van der Waals surface area contributed by atoms with Crippen LogP contribution in [0, 0.1) is 17.5 Å². The van der Waals surface area contributed by atoms with Gasteiger partial charge in [-0.15, -0.1) is 0 Å². The van der Waals surface area contributed by atoms with Gasteiger partial charge < -0.3 is 15.0 Å². The molecule has 1 aliphatic heterocycles. The summed E-state index contributed by atoms with van der Waals surface area (Å²) in [4.78, 5) is 6.02. The molecular formula is C25H27F3N4O3S. The SMILES string of the molecule is CC(C)N1CCOc2c(F)cc(-c3cc(Nc4ccc(CN(C)S(C)(=O)=O)c(F)c4)ncc3F)cc21. The highest BCUT2D eigenvalue weighted by molar-refractivity contribution is 7.88. The number of fused-ring (bicyclic) bond motifs is 1. The molecule has 192 valence electrons. The number of halogens is 3. The monoisotopic (exact) mass is 520 g/mol. The van der Waals surface area contributed by atoms with Crippen molar-refractivity contribution in [1.29, 1.82) is 0 Å². The summed E-state index contributed by atoms with van der Waals surface area (Å²) in [6.07, 6.45) is 2.05. The van der Waals surface area contributed by atoms with Crippen molar-refractivity contribution in [2.75, 3.05) is 36.7 Å². The van der Waals surface area contributed by atoms with Gasteiger partial charge in [-0.3, -0.25) is 0 Å². The number of pyridine rings is 1. The maximum absolute atomic E-state index is 14.9. The van der Waals surface area contributed by atoms with Crippen LogP contribution in [0.15, 0.2) is 42.6 Å². The summed E-state index contributed by atoms with van der Waals surface area (Å²) in [5.74, 6) is -1.47. The Bertz CT molecular complexity index is 1400. The minimum atomic E-state index is -3.46. The lowest BCUT2D eigenvalue weighted by Crippen LogP contribution is -2.38. The number of nitrogens with zero attached hydrogens (tertiary/aromatic N) is 3. The van der Waals surface area contributed by atoms with Crippen LogP contribution in [0.3, 0.4) is 0 Å². The fourth-order valence-corrected chi connectivity index (χ4v) is 4.35. The zero-order valence-electron chi connectivity index (χ0n) is 20.3. The molecule has 0 atom stereocenters. The lowest BCUT2D eigenvalue weighted by molar-refractivity contribution is 0.287. The smallest absolute Gasteiger partial charge is 0.211 e. The number of sulfonamides is 1. The average molecular weight is 521 g/mol. The van der Waals surface area contributed by atoms with Crippen LogP contribution in [0.25, 0.3) is 11.1 Å². The fraction of sp³-hybridized carbons (Fsp3) is 0.320. The van der Waals surface area contributed by atoms with Gasteiger partial charge in [-0.1, -0.05) is 6.07 Å². The van der Waals surface area contributed by atoms with Crippen molar-refractivity contribution in [2.45, 2.75) is 26.4 Å². The van der Waals surface area contributed by atoms with Gasteiger partial charge in [0, 0.05) is 36.4 Å². The highest BCUT2D eigenvalue weighted by Gasteiger charge is 2.25.